The van der Waals surface area contributed by atoms with Crippen LogP contribution in [-0.2, 0) is 13.0 Å². The van der Waals surface area contributed by atoms with Gasteiger partial charge in [-0.25, -0.2) is 9.97 Å². The van der Waals surface area contributed by atoms with Crippen molar-refractivity contribution in [2.75, 3.05) is 5.32 Å². The molecule has 1 N–H and O–H groups in total. The van der Waals surface area contributed by atoms with Gasteiger partial charge in [0.05, 0.1) is 11.6 Å². The SMILES string of the molecule is CCc1ncc(CNc2ccc3oc(C4CC4)nc3c2)s1. The minimum atomic E-state index is 0.554. The lowest BCUT2D eigenvalue weighted by atomic mass is 10.3. The van der Waals surface area contributed by atoms with Crippen LogP contribution in [0.5, 0.6) is 0 Å². The molecule has 0 atom stereocenters. The summed E-state index contributed by atoms with van der Waals surface area (Å²) in [5, 5.41) is 4.62. The molecule has 1 aromatic carbocycles. The molecule has 21 heavy (non-hydrogen) atoms. The van der Waals surface area contributed by atoms with E-state index in [0.29, 0.717) is 5.92 Å². The van der Waals surface area contributed by atoms with E-state index in [0.717, 1.165) is 35.6 Å². The average Bonchev–Trinajstić information content (AvgIpc) is 3.11. The molecular formula is C16H17N3OS. The van der Waals surface area contributed by atoms with Crippen molar-refractivity contribution in [3.05, 3.63) is 40.2 Å². The van der Waals surface area contributed by atoms with Crippen LogP contribution in [0.4, 0.5) is 5.69 Å². The van der Waals surface area contributed by atoms with Gasteiger partial charge in [-0.2, -0.15) is 0 Å². The molecule has 4 nitrogen and oxygen atoms in total. The highest BCUT2D eigenvalue weighted by molar-refractivity contribution is 7.11. The van der Waals surface area contributed by atoms with Crippen molar-refractivity contribution in [3.8, 4) is 0 Å². The molecule has 2 aromatic heterocycles. The number of nitrogens with zero attached hydrogens (tertiary/aromatic N) is 2. The molecule has 2 heterocycles. The molecule has 0 bridgehead atoms. The van der Waals surface area contributed by atoms with Crippen LogP contribution < -0.4 is 5.32 Å². The Balaban J connectivity index is 1.50. The number of fused-ring (bicyclic) bond motifs is 1. The maximum atomic E-state index is 5.78. The Bertz CT molecular complexity index is 773. The first-order chi connectivity index (χ1) is 10.3. The molecule has 1 aliphatic rings. The van der Waals surface area contributed by atoms with E-state index >= 15 is 0 Å². The summed E-state index contributed by atoms with van der Waals surface area (Å²) in [5.41, 5.74) is 2.90. The van der Waals surface area contributed by atoms with Crippen molar-refractivity contribution in [2.24, 2.45) is 0 Å². The van der Waals surface area contributed by atoms with Gasteiger partial charge >= 0.3 is 0 Å². The summed E-state index contributed by atoms with van der Waals surface area (Å²) in [6.07, 6.45) is 5.38. The van der Waals surface area contributed by atoms with Crippen LogP contribution >= 0.6 is 11.3 Å². The molecule has 1 fully saturated rings. The van der Waals surface area contributed by atoms with Crippen molar-refractivity contribution in [3.63, 3.8) is 0 Å². The van der Waals surface area contributed by atoms with E-state index in [1.54, 1.807) is 11.3 Å². The van der Waals surface area contributed by atoms with E-state index in [4.69, 9.17) is 4.42 Å². The van der Waals surface area contributed by atoms with Gasteiger partial charge in [-0.15, -0.1) is 11.3 Å². The highest BCUT2D eigenvalue weighted by atomic mass is 32.1. The van der Waals surface area contributed by atoms with E-state index in [1.165, 1.54) is 22.7 Å². The maximum absolute atomic E-state index is 5.78. The van der Waals surface area contributed by atoms with Crippen molar-refractivity contribution >= 4 is 28.1 Å². The number of thiazole rings is 1. The van der Waals surface area contributed by atoms with Crippen LogP contribution in [0.2, 0.25) is 0 Å². The fourth-order valence-corrected chi connectivity index (χ4v) is 3.14. The third kappa shape index (κ3) is 2.65. The van der Waals surface area contributed by atoms with Crippen LogP contribution in [0.25, 0.3) is 11.1 Å². The van der Waals surface area contributed by atoms with Gasteiger partial charge < -0.3 is 9.73 Å². The fraction of sp³-hybridized carbons (Fsp3) is 0.375. The second-order valence-electron chi connectivity index (χ2n) is 5.44. The first kappa shape index (κ1) is 12.8. The standard InChI is InChI=1S/C16H17N3OS/c1-2-15-18-9-12(21-15)8-17-11-5-6-14-13(7-11)19-16(20-14)10-3-4-10/h5-7,9-10,17H,2-4,8H2,1H3. The van der Waals surface area contributed by atoms with Crippen molar-refractivity contribution in [2.45, 2.75) is 38.6 Å². The molecule has 1 saturated carbocycles. The summed E-state index contributed by atoms with van der Waals surface area (Å²) in [4.78, 5) is 10.2. The van der Waals surface area contributed by atoms with Crippen molar-refractivity contribution in [1.29, 1.82) is 0 Å². The Morgan fingerprint density at radius 1 is 1.38 bits per heavy atom. The number of benzene rings is 1. The Morgan fingerprint density at radius 2 is 2.29 bits per heavy atom. The van der Waals surface area contributed by atoms with Crippen LogP contribution in [0.15, 0.2) is 28.8 Å². The number of rotatable bonds is 5. The zero-order valence-electron chi connectivity index (χ0n) is 11.9. The smallest absolute Gasteiger partial charge is 0.198 e. The maximum Gasteiger partial charge on any atom is 0.198 e. The number of aromatic nitrogens is 2. The van der Waals surface area contributed by atoms with Gasteiger partial charge in [0.25, 0.3) is 0 Å². The highest BCUT2D eigenvalue weighted by Gasteiger charge is 2.28. The summed E-state index contributed by atoms with van der Waals surface area (Å²) >= 11 is 1.76. The lowest BCUT2D eigenvalue weighted by Crippen LogP contribution is -1.96. The van der Waals surface area contributed by atoms with Gasteiger partial charge in [-0.05, 0) is 37.5 Å². The number of oxazole rings is 1. The molecule has 0 unspecified atom stereocenters. The number of nitrogens with one attached hydrogen (secondary N) is 1. The lowest BCUT2D eigenvalue weighted by Gasteiger charge is -2.03. The van der Waals surface area contributed by atoms with Crippen molar-refractivity contribution < 1.29 is 4.42 Å². The molecule has 3 aromatic rings. The average molecular weight is 299 g/mol. The molecule has 108 valence electrons. The van der Waals surface area contributed by atoms with Gasteiger partial charge in [0.2, 0.25) is 0 Å². The Morgan fingerprint density at radius 3 is 3.05 bits per heavy atom. The molecule has 1 aliphatic carbocycles. The second kappa shape index (κ2) is 5.15. The van der Waals surface area contributed by atoms with Gasteiger partial charge in [-0.1, -0.05) is 6.92 Å². The fourth-order valence-electron chi connectivity index (χ4n) is 2.34. The summed E-state index contributed by atoms with van der Waals surface area (Å²) in [5.74, 6) is 1.45. The van der Waals surface area contributed by atoms with Crippen molar-refractivity contribution in [1.82, 2.24) is 9.97 Å². The molecule has 0 spiro atoms. The normalized spacial score (nSPS) is 14.7. The van der Waals surface area contributed by atoms with E-state index in [-0.39, 0.29) is 0 Å². The second-order valence-corrected chi connectivity index (χ2v) is 6.64. The highest BCUT2D eigenvalue weighted by Crippen LogP contribution is 2.40. The zero-order chi connectivity index (χ0) is 14.2. The number of hydrogen-bond acceptors (Lipinski definition) is 5. The molecule has 0 aliphatic heterocycles. The van der Waals surface area contributed by atoms with Gasteiger partial charge in [-0.3, -0.25) is 0 Å². The topological polar surface area (TPSA) is 51.0 Å². The third-order valence-corrected chi connectivity index (χ3v) is 4.84. The third-order valence-electron chi connectivity index (χ3n) is 3.70. The minimum absolute atomic E-state index is 0.554. The van der Waals surface area contributed by atoms with Gasteiger partial charge in [0, 0.05) is 22.7 Å². The molecule has 5 heteroatoms. The predicted molar refractivity (Wildman–Crippen MR) is 84.8 cm³/mol. The van der Waals surface area contributed by atoms with Gasteiger partial charge in [0.1, 0.15) is 5.52 Å². The van der Waals surface area contributed by atoms with E-state index in [1.807, 2.05) is 18.3 Å². The zero-order valence-corrected chi connectivity index (χ0v) is 12.7. The van der Waals surface area contributed by atoms with Crippen LogP contribution in [0.3, 0.4) is 0 Å². The van der Waals surface area contributed by atoms with Crippen LogP contribution in [0, 0.1) is 0 Å². The van der Waals surface area contributed by atoms with E-state index < -0.39 is 0 Å². The van der Waals surface area contributed by atoms with Gasteiger partial charge in [0.15, 0.2) is 11.5 Å². The first-order valence-corrected chi connectivity index (χ1v) is 8.21. The van der Waals surface area contributed by atoms with Crippen LogP contribution in [0.1, 0.15) is 41.5 Å². The molecule has 4 rings (SSSR count). The lowest BCUT2D eigenvalue weighted by molar-refractivity contribution is 0.533. The Labute approximate surface area is 127 Å². The summed E-state index contributed by atoms with van der Waals surface area (Å²) in [7, 11) is 0. The van der Waals surface area contributed by atoms with E-state index in [9.17, 15) is 0 Å². The quantitative estimate of drug-likeness (QED) is 0.761. The predicted octanol–water partition coefficient (Wildman–Crippen LogP) is 4.34. The van der Waals surface area contributed by atoms with Crippen LogP contribution in [-0.4, -0.2) is 9.97 Å². The monoisotopic (exact) mass is 299 g/mol. The molecule has 0 radical (unpaired) electrons. The first-order valence-electron chi connectivity index (χ1n) is 7.40. The minimum Gasteiger partial charge on any atom is -0.440 e. The number of hydrogen-bond donors (Lipinski definition) is 1. The summed E-state index contributed by atoms with van der Waals surface area (Å²) in [6, 6.07) is 6.11. The summed E-state index contributed by atoms with van der Waals surface area (Å²) in [6.45, 7) is 2.93. The molecular weight excluding hydrogens is 282 g/mol. The Kier molecular flexibility index (Phi) is 3.15. The number of anilines is 1. The Hall–Kier alpha value is -1.88. The molecule has 0 saturated heterocycles. The molecule has 0 amide bonds. The largest absolute Gasteiger partial charge is 0.440 e. The number of aryl methyl sites for hydroxylation is 1. The summed E-state index contributed by atoms with van der Waals surface area (Å²) < 4.78 is 5.78. The van der Waals surface area contributed by atoms with E-state index in [2.05, 4.69) is 28.3 Å².